The zero-order chi connectivity index (χ0) is 21.5. The first-order valence-corrected chi connectivity index (χ1v) is 8.95. The Morgan fingerprint density at radius 3 is 2.43 bits per heavy atom. The third-order valence-corrected chi connectivity index (χ3v) is 3.99. The maximum atomic E-state index is 12.2. The van der Waals surface area contributed by atoms with Gasteiger partial charge in [-0.1, -0.05) is 18.2 Å². The number of nitrogens with one attached hydrogen (secondary N) is 1. The lowest BCUT2D eigenvalue weighted by Crippen LogP contribution is -2.29. The standard InChI is InChI=1S/C21H18N2O7/c1-14(20(24)22-15-7-9-16(10-8-15)23(26)27)29-21(25)19-12-11-18(30-19)13-28-17-5-3-2-4-6-17/h2-12,14H,13H2,1H3,(H,22,24). The number of carbonyl (C=O) groups is 2. The van der Waals surface area contributed by atoms with E-state index in [-0.39, 0.29) is 18.1 Å². The molecule has 0 saturated heterocycles. The summed E-state index contributed by atoms with van der Waals surface area (Å²) in [5.41, 5.74) is 0.240. The van der Waals surface area contributed by atoms with Crippen LogP contribution in [-0.4, -0.2) is 22.9 Å². The highest BCUT2D eigenvalue weighted by Crippen LogP contribution is 2.17. The second-order valence-electron chi connectivity index (χ2n) is 6.21. The van der Waals surface area contributed by atoms with Crippen molar-refractivity contribution in [3.8, 4) is 5.75 Å². The van der Waals surface area contributed by atoms with Crippen LogP contribution in [-0.2, 0) is 16.1 Å². The number of nitrogens with zero attached hydrogens (tertiary/aromatic N) is 1. The van der Waals surface area contributed by atoms with E-state index in [0.29, 0.717) is 17.2 Å². The Kier molecular flexibility index (Phi) is 6.43. The summed E-state index contributed by atoms with van der Waals surface area (Å²) < 4.78 is 16.1. The predicted octanol–water partition coefficient (Wildman–Crippen LogP) is 3.95. The normalized spacial score (nSPS) is 11.4. The molecular formula is C21H18N2O7. The number of anilines is 1. The second-order valence-corrected chi connectivity index (χ2v) is 6.21. The number of hydrogen-bond acceptors (Lipinski definition) is 7. The summed E-state index contributed by atoms with van der Waals surface area (Å²) in [4.78, 5) is 34.5. The highest BCUT2D eigenvalue weighted by molar-refractivity contribution is 5.96. The van der Waals surface area contributed by atoms with E-state index in [1.54, 1.807) is 18.2 Å². The van der Waals surface area contributed by atoms with E-state index >= 15 is 0 Å². The van der Waals surface area contributed by atoms with Gasteiger partial charge in [0.1, 0.15) is 18.1 Å². The molecule has 2 aromatic carbocycles. The van der Waals surface area contributed by atoms with Crippen molar-refractivity contribution in [1.29, 1.82) is 0 Å². The predicted molar refractivity (Wildman–Crippen MR) is 106 cm³/mol. The highest BCUT2D eigenvalue weighted by Gasteiger charge is 2.21. The van der Waals surface area contributed by atoms with Gasteiger partial charge in [0.05, 0.1) is 4.92 Å². The molecule has 1 amide bonds. The Hall–Kier alpha value is -4.14. The number of furan rings is 1. The largest absolute Gasteiger partial charge is 0.486 e. The van der Waals surface area contributed by atoms with Crippen molar-refractivity contribution in [2.45, 2.75) is 19.6 Å². The van der Waals surface area contributed by atoms with E-state index in [0.717, 1.165) is 0 Å². The minimum absolute atomic E-state index is 0.0587. The van der Waals surface area contributed by atoms with Gasteiger partial charge in [-0.05, 0) is 43.3 Å². The van der Waals surface area contributed by atoms with Crippen molar-refractivity contribution in [2.75, 3.05) is 5.32 Å². The van der Waals surface area contributed by atoms with E-state index in [1.807, 2.05) is 18.2 Å². The van der Waals surface area contributed by atoms with Crippen molar-refractivity contribution in [1.82, 2.24) is 0 Å². The number of benzene rings is 2. The molecule has 1 unspecified atom stereocenters. The fraction of sp³-hybridized carbons (Fsp3) is 0.143. The van der Waals surface area contributed by atoms with Gasteiger partial charge in [-0.15, -0.1) is 0 Å². The first kappa shape index (κ1) is 20.6. The molecule has 0 saturated carbocycles. The maximum absolute atomic E-state index is 12.2. The van der Waals surface area contributed by atoms with Gasteiger partial charge in [0.15, 0.2) is 6.10 Å². The maximum Gasteiger partial charge on any atom is 0.375 e. The number of nitro benzene ring substituents is 1. The number of nitro groups is 1. The molecule has 1 aromatic heterocycles. The average molecular weight is 410 g/mol. The Balaban J connectivity index is 1.51. The zero-order valence-corrected chi connectivity index (χ0v) is 15.9. The molecule has 1 heterocycles. The van der Waals surface area contributed by atoms with Crippen LogP contribution in [0.5, 0.6) is 5.75 Å². The lowest BCUT2D eigenvalue weighted by atomic mass is 10.2. The molecule has 1 N–H and O–H groups in total. The Morgan fingerprint density at radius 1 is 1.07 bits per heavy atom. The number of amides is 1. The molecule has 0 aliphatic heterocycles. The molecule has 0 aliphatic rings. The van der Waals surface area contributed by atoms with E-state index in [1.165, 1.54) is 37.3 Å². The van der Waals surface area contributed by atoms with Gasteiger partial charge in [0, 0.05) is 17.8 Å². The fourth-order valence-electron chi connectivity index (χ4n) is 2.42. The summed E-state index contributed by atoms with van der Waals surface area (Å²) in [5, 5.41) is 13.2. The van der Waals surface area contributed by atoms with Crippen LogP contribution in [0.15, 0.2) is 71.1 Å². The van der Waals surface area contributed by atoms with E-state index in [9.17, 15) is 19.7 Å². The quantitative estimate of drug-likeness (QED) is 0.339. The van der Waals surface area contributed by atoms with E-state index < -0.39 is 22.9 Å². The monoisotopic (exact) mass is 410 g/mol. The topological polar surface area (TPSA) is 121 Å². The zero-order valence-electron chi connectivity index (χ0n) is 15.9. The summed E-state index contributed by atoms with van der Waals surface area (Å²) in [7, 11) is 0. The van der Waals surface area contributed by atoms with Crippen molar-refractivity contribution in [2.24, 2.45) is 0 Å². The number of ether oxygens (including phenoxy) is 2. The number of hydrogen-bond donors (Lipinski definition) is 1. The van der Waals surface area contributed by atoms with Crippen molar-refractivity contribution >= 4 is 23.3 Å². The average Bonchev–Trinajstić information content (AvgIpc) is 3.22. The number of esters is 1. The van der Waals surface area contributed by atoms with Crippen LogP contribution in [0.1, 0.15) is 23.2 Å². The van der Waals surface area contributed by atoms with Gasteiger partial charge in [-0.25, -0.2) is 4.79 Å². The summed E-state index contributed by atoms with van der Waals surface area (Å²) in [6.45, 7) is 1.54. The van der Waals surface area contributed by atoms with Crippen molar-refractivity contribution in [3.63, 3.8) is 0 Å². The minimum atomic E-state index is -1.11. The van der Waals surface area contributed by atoms with Crippen LogP contribution in [0.25, 0.3) is 0 Å². The number of carbonyl (C=O) groups excluding carboxylic acids is 2. The Labute approximate surface area is 171 Å². The van der Waals surface area contributed by atoms with Crippen LogP contribution >= 0.6 is 0 Å². The van der Waals surface area contributed by atoms with Crippen LogP contribution in [0.2, 0.25) is 0 Å². The van der Waals surface area contributed by atoms with E-state index in [4.69, 9.17) is 13.9 Å². The smallest absolute Gasteiger partial charge is 0.375 e. The Bertz CT molecular complexity index is 1030. The summed E-state index contributed by atoms with van der Waals surface area (Å²) in [6.07, 6.45) is -1.11. The molecule has 9 nitrogen and oxygen atoms in total. The molecule has 1 atom stereocenters. The van der Waals surface area contributed by atoms with E-state index in [2.05, 4.69) is 5.32 Å². The van der Waals surface area contributed by atoms with Crippen molar-refractivity contribution in [3.05, 3.63) is 88.4 Å². The first-order valence-electron chi connectivity index (χ1n) is 8.95. The second kappa shape index (κ2) is 9.37. The van der Waals surface area contributed by atoms with Gasteiger partial charge in [0.2, 0.25) is 5.76 Å². The fourth-order valence-corrected chi connectivity index (χ4v) is 2.42. The summed E-state index contributed by atoms with van der Waals surface area (Å²) in [6, 6.07) is 17.4. The molecule has 0 radical (unpaired) electrons. The van der Waals surface area contributed by atoms with Crippen molar-refractivity contribution < 1.29 is 28.4 Å². The van der Waals surface area contributed by atoms with Gasteiger partial charge in [-0.2, -0.15) is 0 Å². The molecule has 3 rings (SSSR count). The number of rotatable bonds is 8. The summed E-state index contributed by atoms with van der Waals surface area (Å²) >= 11 is 0. The molecule has 3 aromatic rings. The molecule has 30 heavy (non-hydrogen) atoms. The van der Waals surface area contributed by atoms with Gasteiger partial charge >= 0.3 is 5.97 Å². The van der Waals surface area contributed by atoms with Gasteiger partial charge in [-0.3, -0.25) is 14.9 Å². The van der Waals surface area contributed by atoms with Crippen LogP contribution in [0.4, 0.5) is 11.4 Å². The van der Waals surface area contributed by atoms with Gasteiger partial charge < -0.3 is 19.2 Å². The number of para-hydroxylation sites is 1. The third-order valence-electron chi connectivity index (χ3n) is 3.99. The minimum Gasteiger partial charge on any atom is -0.486 e. The molecular weight excluding hydrogens is 392 g/mol. The lowest BCUT2D eigenvalue weighted by molar-refractivity contribution is -0.384. The third kappa shape index (κ3) is 5.44. The van der Waals surface area contributed by atoms with Crippen LogP contribution < -0.4 is 10.1 Å². The highest BCUT2D eigenvalue weighted by atomic mass is 16.6. The molecule has 154 valence electrons. The first-order chi connectivity index (χ1) is 14.4. The molecule has 9 heteroatoms. The summed E-state index contributed by atoms with van der Waals surface area (Å²) in [5.74, 6) is -0.358. The van der Waals surface area contributed by atoms with Crippen LogP contribution in [0.3, 0.4) is 0 Å². The van der Waals surface area contributed by atoms with Gasteiger partial charge in [0.25, 0.3) is 11.6 Å². The molecule has 0 fully saturated rings. The molecule has 0 spiro atoms. The molecule has 0 bridgehead atoms. The lowest BCUT2D eigenvalue weighted by Gasteiger charge is -2.12. The Morgan fingerprint density at radius 2 is 1.77 bits per heavy atom. The SMILES string of the molecule is CC(OC(=O)c1ccc(COc2ccccc2)o1)C(=O)Nc1ccc([N+](=O)[O-])cc1. The van der Waals surface area contributed by atoms with Crippen LogP contribution in [0, 0.1) is 10.1 Å². The number of non-ortho nitro benzene ring substituents is 1. The molecule has 0 aliphatic carbocycles.